The Hall–Kier alpha value is -0.570. The highest BCUT2D eigenvalue weighted by molar-refractivity contribution is 5.82. The Kier molecular flexibility index (Phi) is 1.42. The van der Waals surface area contributed by atoms with Crippen molar-refractivity contribution >= 4 is 5.91 Å². The Morgan fingerprint density at radius 2 is 2.45 bits per heavy atom. The number of hydrogen-bond acceptors (Lipinski definition) is 2. The number of carbonyl (C=O) groups excluding carboxylic acids is 1. The van der Waals surface area contributed by atoms with E-state index in [1.807, 2.05) is 0 Å². The van der Waals surface area contributed by atoms with Crippen molar-refractivity contribution < 1.29 is 9.53 Å². The largest absolute Gasteiger partial charge is 0.376 e. The molecule has 3 heteroatoms. The van der Waals surface area contributed by atoms with Crippen LogP contribution in [0.15, 0.2) is 0 Å². The molecule has 1 atom stereocenters. The molecular formula is C8H13NO2. The second kappa shape index (κ2) is 2.21. The molecule has 1 spiro atoms. The van der Waals surface area contributed by atoms with Crippen LogP contribution < -0.4 is 5.32 Å². The lowest BCUT2D eigenvalue weighted by molar-refractivity contribution is -0.125. The molecule has 0 aliphatic carbocycles. The van der Waals surface area contributed by atoms with Crippen LogP contribution in [0.25, 0.3) is 0 Å². The predicted octanol–water partition coefficient (Wildman–Crippen LogP) is 0.301. The van der Waals surface area contributed by atoms with Gasteiger partial charge in [-0.05, 0) is 12.8 Å². The normalized spacial score (nSPS) is 33.5. The summed E-state index contributed by atoms with van der Waals surface area (Å²) in [6.07, 6.45) is 1.93. The first kappa shape index (κ1) is 7.10. The van der Waals surface area contributed by atoms with Crippen LogP contribution >= 0.6 is 0 Å². The van der Waals surface area contributed by atoms with Crippen molar-refractivity contribution in [3.05, 3.63) is 0 Å². The van der Waals surface area contributed by atoms with Gasteiger partial charge in [0.05, 0.1) is 18.8 Å². The summed E-state index contributed by atoms with van der Waals surface area (Å²) >= 11 is 0. The van der Waals surface area contributed by atoms with E-state index in [4.69, 9.17) is 4.74 Å². The molecule has 1 unspecified atom stereocenters. The molecule has 2 aliphatic heterocycles. The maximum Gasteiger partial charge on any atom is 0.223 e. The van der Waals surface area contributed by atoms with E-state index in [2.05, 4.69) is 12.2 Å². The molecule has 11 heavy (non-hydrogen) atoms. The lowest BCUT2D eigenvalue weighted by atomic mass is 9.90. The van der Waals surface area contributed by atoms with E-state index < -0.39 is 0 Å². The molecule has 0 aromatic carbocycles. The van der Waals surface area contributed by atoms with E-state index in [1.54, 1.807) is 0 Å². The minimum atomic E-state index is 0.0394. The second-order valence-electron chi connectivity index (χ2n) is 3.57. The molecule has 0 bridgehead atoms. The van der Waals surface area contributed by atoms with Crippen molar-refractivity contribution in [1.29, 1.82) is 0 Å². The standard InChI is InChI=1S/C8H13NO2/c1-2-6-3-8(4-11-5-8)9-7(6)10/h6H,2-5H2,1H3,(H,9,10). The fraction of sp³-hybridized carbons (Fsp3) is 0.875. The van der Waals surface area contributed by atoms with Crippen LogP contribution in [0.3, 0.4) is 0 Å². The van der Waals surface area contributed by atoms with Gasteiger partial charge in [-0.2, -0.15) is 0 Å². The number of nitrogens with one attached hydrogen (secondary N) is 1. The maximum atomic E-state index is 11.2. The lowest BCUT2D eigenvalue weighted by Crippen LogP contribution is -2.57. The van der Waals surface area contributed by atoms with E-state index in [0.717, 1.165) is 26.1 Å². The molecule has 2 fully saturated rings. The highest BCUT2D eigenvalue weighted by atomic mass is 16.5. The first-order valence-corrected chi connectivity index (χ1v) is 4.15. The number of rotatable bonds is 1. The van der Waals surface area contributed by atoms with Crippen molar-refractivity contribution in [1.82, 2.24) is 5.32 Å². The van der Waals surface area contributed by atoms with E-state index in [1.165, 1.54) is 0 Å². The summed E-state index contributed by atoms with van der Waals surface area (Å²) in [7, 11) is 0. The Bertz CT molecular complexity index is 187. The monoisotopic (exact) mass is 155 g/mol. The van der Waals surface area contributed by atoms with E-state index in [9.17, 15) is 4.79 Å². The summed E-state index contributed by atoms with van der Waals surface area (Å²) in [4.78, 5) is 11.2. The van der Waals surface area contributed by atoms with Crippen molar-refractivity contribution in [2.24, 2.45) is 5.92 Å². The van der Waals surface area contributed by atoms with Gasteiger partial charge < -0.3 is 10.1 Å². The summed E-state index contributed by atoms with van der Waals surface area (Å²) in [5.41, 5.74) is 0.0394. The van der Waals surface area contributed by atoms with Gasteiger partial charge in [-0.1, -0.05) is 6.92 Å². The van der Waals surface area contributed by atoms with Crippen molar-refractivity contribution in [2.75, 3.05) is 13.2 Å². The molecule has 0 aromatic rings. The van der Waals surface area contributed by atoms with E-state index in [-0.39, 0.29) is 17.4 Å². The first-order valence-electron chi connectivity index (χ1n) is 4.15. The zero-order chi connectivity index (χ0) is 7.90. The molecule has 1 amide bonds. The zero-order valence-corrected chi connectivity index (χ0v) is 6.72. The average molecular weight is 155 g/mol. The quantitative estimate of drug-likeness (QED) is 0.591. The topological polar surface area (TPSA) is 38.3 Å². The third-order valence-electron chi connectivity index (χ3n) is 2.65. The molecule has 0 aromatic heterocycles. The summed E-state index contributed by atoms with van der Waals surface area (Å²) in [5, 5.41) is 3.00. The summed E-state index contributed by atoms with van der Waals surface area (Å²) in [6, 6.07) is 0. The molecule has 1 N–H and O–H groups in total. The first-order chi connectivity index (χ1) is 5.26. The highest BCUT2D eigenvalue weighted by Gasteiger charge is 2.48. The Balaban J connectivity index is 2.05. The third kappa shape index (κ3) is 0.948. The van der Waals surface area contributed by atoms with Crippen LogP contribution in [0, 0.1) is 5.92 Å². The van der Waals surface area contributed by atoms with Crippen molar-refractivity contribution in [2.45, 2.75) is 25.3 Å². The average Bonchev–Trinajstić information content (AvgIpc) is 2.26. The van der Waals surface area contributed by atoms with Gasteiger partial charge in [0.15, 0.2) is 0 Å². The Labute approximate surface area is 66.1 Å². The number of hydrogen-bond donors (Lipinski definition) is 1. The van der Waals surface area contributed by atoms with E-state index in [0.29, 0.717) is 0 Å². The minimum Gasteiger partial charge on any atom is -0.376 e. The van der Waals surface area contributed by atoms with Gasteiger partial charge in [-0.25, -0.2) is 0 Å². The van der Waals surface area contributed by atoms with Gasteiger partial charge in [0.1, 0.15) is 0 Å². The maximum absolute atomic E-state index is 11.2. The number of ether oxygens (including phenoxy) is 1. The second-order valence-corrected chi connectivity index (χ2v) is 3.57. The van der Waals surface area contributed by atoms with Crippen LogP contribution in [0.4, 0.5) is 0 Å². The molecular weight excluding hydrogens is 142 g/mol. The zero-order valence-electron chi connectivity index (χ0n) is 6.72. The van der Waals surface area contributed by atoms with Crippen LogP contribution in [0.2, 0.25) is 0 Å². The Morgan fingerprint density at radius 3 is 2.73 bits per heavy atom. The molecule has 3 nitrogen and oxygen atoms in total. The van der Waals surface area contributed by atoms with Crippen LogP contribution in [0.1, 0.15) is 19.8 Å². The van der Waals surface area contributed by atoms with Crippen molar-refractivity contribution in [3.8, 4) is 0 Å². The summed E-state index contributed by atoms with van der Waals surface area (Å²) in [6.45, 7) is 3.49. The number of amides is 1. The van der Waals surface area contributed by atoms with Gasteiger partial charge >= 0.3 is 0 Å². The molecule has 2 saturated heterocycles. The molecule has 0 saturated carbocycles. The highest BCUT2D eigenvalue weighted by Crippen LogP contribution is 2.32. The predicted molar refractivity (Wildman–Crippen MR) is 40.1 cm³/mol. The SMILES string of the molecule is CCC1CC2(COC2)NC1=O. The molecule has 2 rings (SSSR count). The van der Waals surface area contributed by atoms with Gasteiger partial charge in [-0.15, -0.1) is 0 Å². The fourth-order valence-electron chi connectivity index (χ4n) is 1.85. The molecule has 62 valence electrons. The van der Waals surface area contributed by atoms with Crippen LogP contribution in [-0.2, 0) is 9.53 Å². The third-order valence-corrected chi connectivity index (χ3v) is 2.65. The molecule has 0 radical (unpaired) electrons. The van der Waals surface area contributed by atoms with Gasteiger partial charge in [-0.3, -0.25) is 4.79 Å². The molecule has 2 heterocycles. The summed E-state index contributed by atoms with van der Waals surface area (Å²) in [5.74, 6) is 0.453. The van der Waals surface area contributed by atoms with Crippen molar-refractivity contribution in [3.63, 3.8) is 0 Å². The van der Waals surface area contributed by atoms with Crippen LogP contribution in [0.5, 0.6) is 0 Å². The van der Waals surface area contributed by atoms with Gasteiger partial charge in [0, 0.05) is 5.92 Å². The minimum absolute atomic E-state index is 0.0394. The van der Waals surface area contributed by atoms with Gasteiger partial charge in [0.25, 0.3) is 0 Å². The molecule has 2 aliphatic rings. The number of carbonyl (C=O) groups is 1. The van der Waals surface area contributed by atoms with Crippen LogP contribution in [-0.4, -0.2) is 24.7 Å². The summed E-state index contributed by atoms with van der Waals surface area (Å²) < 4.78 is 5.09. The lowest BCUT2D eigenvalue weighted by Gasteiger charge is -2.37. The van der Waals surface area contributed by atoms with Gasteiger partial charge in [0.2, 0.25) is 5.91 Å². The van der Waals surface area contributed by atoms with E-state index >= 15 is 0 Å². The Morgan fingerprint density at radius 1 is 1.73 bits per heavy atom. The smallest absolute Gasteiger partial charge is 0.223 e. The fourth-order valence-corrected chi connectivity index (χ4v) is 1.85.